The van der Waals surface area contributed by atoms with Crippen molar-refractivity contribution in [3.05, 3.63) is 36.0 Å². The summed E-state index contributed by atoms with van der Waals surface area (Å²) in [6.07, 6.45) is 0. The Hall–Kier alpha value is -2.71. The molecule has 0 radical (unpaired) electrons. The van der Waals surface area contributed by atoms with Crippen LogP contribution in [0.1, 0.15) is 26.5 Å². The highest BCUT2D eigenvalue weighted by atomic mass is 16.3. The number of nitrogens with one attached hydrogen (secondary N) is 3. The maximum Gasteiger partial charge on any atom is 0.228 e. The molecule has 1 aromatic carbocycles. The van der Waals surface area contributed by atoms with Gasteiger partial charge in [0.1, 0.15) is 5.82 Å². The van der Waals surface area contributed by atoms with Gasteiger partial charge in [-0.2, -0.15) is 10.1 Å². The van der Waals surface area contributed by atoms with Crippen LogP contribution < -0.4 is 15.5 Å². The van der Waals surface area contributed by atoms with Crippen LogP contribution in [0, 0.1) is 0 Å². The number of piperazine rings is 1. The summed E-state index contributed by atoms with van der Waals surface area (Å²) in [7, 11) is 0. The first-order valence-corrected chi connectivity index (χ1v) is 9.63. The molecule has 0 amide bonds. The van der Waals surface area contributed by atoms with Gasteiger partial charge in [0, 0.05) is 42.2 Å². The number of rotatable bonds is 4. The Morgan fingerprint density at radius 2 is 2.07 bits per heavy atom. The van der Waals surface area contributed by atoms with Crippen LogP contribution >= 0.6 is 0 Å². The number of hydrogen-bond acceptors (Lipinski definition) is 7. The van der Waals surface area contributed by atoms with E-state index in [0.29, 0.717) is 18.3 Å². The van der Waals surface area contributed by atoms with Crippen LogP contribution in [0.4, 0.5) is 17.6 Å². The van der Waals surface area contributed by atoms with Crippen molar-refractivity contribution in [1.29, 1.82) is 0 Å². The van der Waals surface area contributed by atoms with E-state index in [1.165, 1.54) is 0 Å². The first kappa shape index (κ1) is 18.6. The van der Waals surface area contributed by atoms with Crippen LogP contribution in [0.3, 0.4) is 0 Å². The fourth-order valence-corrected chi connectivity index (χ4v) is 3.37. The summed E-state index contributed by atoms with van der Waals surface area (Å²) >= 11 is 0. The van der Waals surface area contributed by atoms with E-state index < -0.39 is 0 Å². The van der Waals surface area contributed by atoms with Gasteiger partial charge in [0.05, 0.1) is 18.2 Å². The Morgan fingerprint density at radius 3 is 2.82 bits per heavy atom. The molecule has 28 heavy (non-hydrogen) atoms. The van der Waals surface area contributed by atoms with E-state index in [1.54, 1.807) is 0 Å². The quantitative estimate of drug-likeness (QED) is 0.549. The molecule has 2 aromatic heterocycles. The average molecular weight is 381 g/mol. The average Bonchev–Trinajstić information content (AvgIpc) is 3.17. The number of H-pyrrole nitrogens is 1. The van der Waals surface area contributed by atoms with Crippen molar-refractivity contribution < 1.29 is 5.11 Å². The second-order valence-corrected chi connectivity index (χ2v) is 8.17. The predicted octanol–water partition coefficient (Wildman–Crippen LogP) is 2.16. The fourth-order valence-electron chi connectivity index (χ4n) is 3.37. The van der Waals surface area contributed by atoms with E-state index in [1.807, 2.05) is 30.3 Å². The third kappa shape index (κ3) is 3.65. The minimum Gasteiger partial charge on any atom is -0.394 e. The maximum atomic E-state index is 9.75. The monoisotopic (exact) mass is 381 g/mol. The zero-order valence-corrected chi connectivity index (χ0v) is 16.5. The van der Waals surface area contributed by atoms with Gasteiger partial charge in [-0.25, -0.2) is 4.98 Å². The van der Waals surface area contributed by atoms with Gasteiger partial charge in [-0.1, -0.05) is 32.9 Å². The summed E-state index contributed by atoms with van der Waals surface area (Å²) in [5.74, 6) is 2.05. The molecule has 4 rings (SSSR count). The molecule has 8 nitrogen and oxygen atoms in total. The Balaban J connectivity index is 1.73. The third-order valence-electron chi connectivity index (χ3n) is 5.04. The molecule has 0 saturated carbocycles. The Morgan fingerprint density at radius 1 is 1.25 bits per heavy atom. The summed E-state index contributed by atoms with van der Waals surface area (Å²) in [6.45, 7) is 8.78. The van der Waals surface area contributed by atoms with Crippen LogP contribution in [0.15, 0.2) is 30.3 Å². The Labute approximate surface area is 164 Å². The number of hydrogen-bond donors (Lipinski definition) is 4. The molecular formula is C20H27N7O. The summed E-state index contributed by atoms with van der Waals surface area (Å²) in [6, 6.07) is 9.89. The minimum absolute atomic E-state index is 0.0129. The van der Waals surface area contributed by atoms with E-state index in [4.69, 9.17) is 9.97 Å². The first-order valence-electron chi connectivity index (χ1n) is 9.63. The standard InChI is InChI=1S/C20H27N7O/c1-20(2,3)16-10-17(26-25-16)23-18-14-6-4-5-7-15(14)22-19(24-18)27-9-8-21-11-13(27)12-28/h4-7,10,13,21,28H,8-9,11-12H2,1-3H3,(H2,22,23,24,25,26). The molecule has 0 aliphatic carbocycles. The lowest BCUT2D eigenvalue weighted by atomic mass is 9.92. The van der Waals surface area contributed by atoms with E-state index in [-0.39, 0.29) is 18.1 Å². The number of para-hydroxylation sites is 1. The van der Waals surface area contributed by atoms with Crippen LogP contribution in [0.5, 0.6) is 0 Å². The van der Waals surface area contributed by atoms with Crippen molar-refractivity contribution in [3.63, 3.8) is 0 Å². The van der Waals surface area contributed by atoms with Gasteiger partial charge in [0.2, 0.25) is 5.95 Å². The highest BCUT2D eigenvalue weighted by Crippen LogP contribution is 2.28. The van der Waals surface area contributed by atoms with Gasteiger partial charge >= 0.3 is 0 Å². The number of nitrogens with zero attached hydrogens (tertiary/aromatic N) is 4. The fraction of sp³-hybridized carbons (Fsp3) is 0.450. The zero-order chi connectivity index (χ0) is 19.7. The molecule has 1 fully saturated rings. The topological polar surface area (TPSA) is 102 Å². The molecule has 148 valence electrons. The molecule has 1 atom stereocenters. The lowest BCUT2D eigenvalue weighted by Crippen LogP contribution is -2.53. The molecule has 1 saturated heterocycles. The first-order chi connectivity index (χ1) is 13.5. The van der Waals surface area contributed by atoms with Crippen molar-refractivity contribution in [3.8, 4) is 0 Å². The number of benzene rings is 1. The second-order valence-electron chi connectivity index (χ2n) is 8.17. The molecule has 0 bridgehead atoms. The van der Waals surface area contributed by atoms with Crippen LogP contribution in [0.2, 0.25) is 0 Å². The highest BCUT2D eigenvalue weighted by Gasteiger charge is 2.25. The normalized spacial score (nSPS) is 17.9. The third-order valence-corrected chi connectivity index (χ3v) is 5.04. The number of aromatic nitrogens is 4. The van der Waals surface area contributed by atoms with E-state index in [9.17, 15) is 5.11 Å². The highest BCUT2D eigenvalue weighted by molar-refractivity contribution is 5.91. The van der Waals surface area contributed by atoms with Gasteiger partial charge in [-0.3, -0.25) is 5.10 Å². The largest absolute Gasteiger partial charge is 0.394 e. The molecule has 1 unspecified atom stereocenters. The van der Waals surface area contributed by atoms with Crippen LogP contribution in [-0.4, -0.2) is 57.6 Å². The SMILES string of the molecule is CC(C)(C)c1cc(Nc2nc(N3CCNCC3CO)nc3ccccc23)n[nH]1. The van der Waals surface area contributed by atoms with Gasteiger partial charge in [-0.15, -0.1) is 0 Å². The van der Waals surface area contributed by atoms with Gasteiger partial charge in [0.25, 0.3) is 0 Å². The van der Waals surface area contributed by atoms with Crippen molar-refractivity contribution in [2.75, 3.05) is 36.5 Å². The molecule has 0 spiro atoms. The number of aliphatic hydroxyl groups is 1. The number of fused-ring (bicyclic) bond motifs is 1. The lowest BCUT2D eigenvalue weighted by molar-refractivity contribution is 0.245. The summed E-state index contributed by atoms with van der Waals surface area (Å²) < 4.78 is 0. The maximum absolute atomic E-state index is 9.75. The summed E-state index contributed by atoms with van der Waals surface area (Å²) in [5.41, 5.74) is 1.90. The lowest BCUT2D eigenvalue weighted by Gasteiger charge is -2.35. The van der Waals surface area contributed by atoms with E-state index in [0.717, 1.165) is 35.5 Å². The molecule has 3 heterocycles. The van der Waals surface area contributed by atoms with Crippen molar-refractivity contribution in [2.45, 2.75) is 32.2 Å². The van der Waals surface area contributed by atoms with Crippen molar-refractivity contribution in [2.24, 2.45) is 0 Å². The van der Waals surface area contributed by atoms with Crippen LogP contribution in [-0.2, 0) is 5.41 Å². The number of aliphatic hydroxyl groups excluding tert-OH is 1. The second kappa shape index (κ2) is 7.37. The molecule has 1 aliphatic heterocycles. The molecule has 8 heteroatoms. The molecule has 1 aliphatic rings. The zero-order valence-electron chi connectivity index (χ0n) is 16.5. The van der Waals surface area contributed by atoms with Gasteiger partial charge < -0.3 is 20.6 Å². The number of aromatic amines is 1. The van der Waals surface area contributed by atoms with E-state index >= 15 is 0 Å². The number of anilines is 3. The van der Waals surface area contributed by atoms with Gasteiger partial charge in [-0.05, 0) is 12.1 Å². The Kier molecular flexibility index (Phi) is 4.91. The van der Waals surface area contributed by atoms with E-state index in [2.05, 4.69) is 46.5 Å². The smallest absolute Gasteiger partial charge is 0.228 e. The Bertz CT molecular complexity index is 963. The predicted molar refractivity (Wildman–Crippen MR) is 111 cm³/mol. The molecule has 3 aromatic rings. The van der Waals surface area contributed by atoms with Crippen molar-refractivity contribution >= 4 is 28.5 Å². The molecular weight excluding hydrogens is 354 g/mol. The van der Waals surface area contributed by atoms with Gasteiger partial charge in [0.15, 0.2) is 5.82 Å². The summed E-state index contributed by atoms with van der Waals surface area (Å²) in [4.78, 5) is 11.6. The van der Waals surface area contributed by atoms with Crippen molar-refractivity contribution in [1.82, 2.24) is 25.5 Å². The van der Waals surface area contributed by atoms with Crippen LogP contribution in [0.25, 0.3) is 10.9 Å². The molecule has 4 N–H and O–H groups in total. The summed E-state index contributed by atoms with van der Waals surface area (Å²) in [5, 5.41) is 24.8. The minimum atomic E-state index is -0.0411.